The van der Waals surface area contributed by atoms with Gasteiger partial charge in [-0.1, -0.05) is 24.0 Å². The van der Waals surface area contributed by atoms with Crippen LogP contribution in [0.5, 0.6) is 5.75 Å². The fourth-order valence-corrected chi connectivity index (χ4v) is 2.56. The molecule has 0 amide bonds. The normalized spacial score (nSPS) is 14.2. The van der Waals surface area contributed by atoms with Crippen molar-refractivity contribution in [2.45, 2.75) is 18.9 Å². The number of hydroxylamine groups is 2. The summed E-state index contributed by atoms with van der Waals surface area (Å²) in [7, 11) is 0. The molecule has 3 rings (SSSR count). The number of hydrogen-bond acceptors (Lipinski definition) is 4. The Morgan fingerprint density at radius 1 is 1.00 bits per heavy atom. The second-order valence-electron chi connectivity index (χ2n) is 6.21. The van der Waals surface area contributed by atoms with E-state index in [2.05, 4.69) is 16.8 Å². The molecule has 158 valence electrons. The molecule has 2 aromatic rings. The molecule has 2 aromatic carbocycles. The van der Waals surface area contributed by atoms with Gasteiger partial charge in [-0.2, -0.15) is 26.3 Å². The molecule has 1 aliphatic rings. The van der Waals surface area contributed by atoms with E-state index in [-0.39, 0.29) is 12.7 Å². The Kier molecular flexibility index (Phi) is 6.22. The molecule has 1 heterocycles. The number of nitrogens with zero attached hydrogens (tertiary/aromatic N) is 2. The molecule has 1 aliphatic heterocycles. The van der Waals surface area contributed by atoms with Crippen LogP contribution in [0.25, 0.3) is 0 Å². The topological polar surface area (TPSA) is 34.1 Å². The molecule has 0 saturated heterocycles. The number of aliphatic imine (C=N–C) groups is 1. The van der Waals surface area contributed by atoms with Crippen LogP contribution in [0.15, 0.2) is 47.5 Å². The van der Waals surface area contributed by atoms with Crippen LogP contribution >= 0.6 is 0 Å². The van der Waals surface area contributed by atoms with Crippen LogP contribution < -0.4 is 4.74 Å². The summed E-state index contributed by atoms with van der Waals surface area (Å²) >= 11 is 0. The maximum Gasteiger partial charge on any atom is 0.416 e. The van der Waals surface area contributed by atoms with Crippen LogP contribution in [0, 0.1) is 11.8 Å². The maximum atomic E-state index is 12.9. The van der Waals surface area contributed by atoms with Gasteiger partial charge < -0.3 is 9.57 Å². The van der Waals surface area contributed by atoms with Gasteiger partial charge in [0.15, 0.2) is 6.40 Å². The van der Waals surface area contributed by atoms with E-state index in [0.29, 0.717) is 30.9 Å². The van der Waals surface area contributed by atoms with Crippen molar-refractivity contribution >= 4 is 6.40 Å². The van der Waals surface area contributed by atoms with Gasteiger partial charge in [0.1, 0.15) is 19.0 Å². The summed E-state index contributed by atoms with van der Waals surface area (Å²) in [6.45, 7) is 0.489. The van der Waals surface area contributed by atoms with Crippen molar-refractivity contribution in [3.63, 3.8) is 0 Å². The summed E-state index contributed by atoms with van der Waals surface area (Å²) in [6.07, 6.45) is -8.54. The zero-order valence-electron chi connectivity index (χ0n) is 15.2. The number of rotatable bonds is 4. The first kappa shape index (κ1) is 21.5. The van der Waals surface area contributed by atoms with E-state index >= 15 is 0 Å². The lowest BCUT2D eigenvalue weighted by atomic mass is 10.1. The van der Waals surface area contributed by atoms with Crippen molar-refractivity contribution < 1.29 is 35.9 Å². The number of alkyl halides is 6. The molecule has 0 saturated carbocycles. The van der Waals surface area contributed by atoms with Crippen molar-refractivity contribution in [2.75, 3.05) is 13.3 Å². The lowest BCUT2D eigenvalue weighted by Gasteiger charge is -2.14. The van der Waals surface area contributed by atoms with Crippen LogP contribution in [-0.2, 0) is 23.7 Å². The molecular formula is C20H14F6N2O2. The molecule has 0 N–H and O–H groups in total. The molecule has 4 nitrogen and oxygen atoms in total. The van der Waals surface area contributed by atoms with Crippen molar-refractivity contribution in [2.24, 2.45) is 4.99 Å². The molecule has 30 heavy (non-hydrogen) atoms. The summed E-state index contributed by atoms with van der Waals surface area (Å²) in [5.41, 5.74) is -1.39. The minimum atomic E-state index is -4.93. The average molecular weight is 428 g/mol. The molecule has 0 spiro atoms. The fraction of sp³-hybridized carbons (Fsp3) is 0.250. The SMILES string of the molecule is FC(F)(F)c1cc(OCC#Cc2cccc(CN3CN=CO3)c2)cc(C(F)(F)F)c1. The van der Waals surface area contributed by atoms with E-state index in [4.69, 9.17) is 9.57 Å². The molecule has 10 heteroatoms. The molecule has 0 aromatic heterocycles. The van der Waals surface area contributed by atoms with Gasteiger partial charge in [-0.3, -0.25) is 0 Å². The van der Waals surface area contributed by atoms with Crippen LogP contribution in [-0.4, -0.2) is 24.7 Å². The highest BCUT2D eigenvalue weighted by Gasteiger charge is 2.37. The number of ether oxygens (including phenoxy) is 1. The summed E-state index contributed by atoms with van der Waals surface area (Å²) in [6, 6.07) is 8.17. The Morgan fingerprint density at radius 3 is 2.30 bits per heavy atom. The van der Waals surface area contributed by atoms with E-state index in [9.17, 15) is 26.3 Å². The van der Waals surface area contributed by atoms with Gasteiger partial charge in [0, 0.05) is 5.56 Å². The first-order valence-corrected chi connectivity index (χ1v) is 8.51. The quantitative estimate of drug-likeness (QED) is 0.514. The summed E-state index contributed by atoms with van der Waals surface area (Å²) in [5, 5.41) is 1.61. The van der Waals surface area contributed by atoms with Crippen LogP contribution in [0.2, 0.25) is 0 Å². The summed E-state index contributed by atoms with van der Waals surface area (Å²) in [5.74, 6) is 4.78. The minimum Gasteiger partial charge on any atom is -0.481 e. The Balaban J connectivity index is 1.68. The highest BCUT2D eigenvalue weighted by atomic mass is 19.4. The van der Waals surface area contributed by atoms with Gasteiger partial charge in [-0.25, -0.2) is 4.99 Å². The minimum absolute atomic E-state index is 0.0408. The zero-order valence-corrected chi connectivity index (χ0v) is 15.2. The largest absolute Gasteiger partial charge is 0.481 e. The smallest absolute Gasteiger partial charge is 0.416 e. The second-order valence-corrected chi connectivity index (χ2v) is 6.21. The van der Waals surface area contributed by atoms with Crippen molar-refractivity contribution in [1.29, 1.82) is 0 Å². The highest BCUT2D eigenvalue weighted by Crippen LogP contribution is 2.38. The van der Waals surface area contributed by atoms with Gasteiger partial charge in [-0.05, 0) is 35.9 Å². The Hall–Kier alpha value is -3.19. The molecule has 0 fully saturated rings. The van der Waals surface area contributed by atoms with E-state index in [0.717, 1.165) is 5.56 Å². The van der Waals surface area contributed by atoms with E-state index < -0.39 is 29.2 Å². The predicted molar refractivity (Wildman–Crippen MR) is 95.2 cm³/mol. The monoisotopic (exact) mass is 428 g/mol. The standard InChI is InChI=1S/C20H14F6N2O2/c21-19(22,23)16-8-17(20(24,25)26)10-18(9-16)29-6-2-5-14-3-1-4-15(7-14)11-28-12-27-13-30-28/h1,3-4,7-10,13H,6,11-12H2. The number of hydrogen-bond donors (Lipinski definition) is 0. The molecule has 0 aliphatic carbocycles. The highest BCUT2D eigenvalue weighted by molar-refractivity contribution is 5.47. The van der Waals surface area contributed by atoms with Crippen molar-refractivity contribution in [3.8, 4) is 17.6 Å². The third kappa shape index (κ3) is 5.90. The average Bonchev–Trinajstić information content (AvgIpc) is 3.17. The Labute approximate surface area is 167 Å². The first-order chi connectivity index (χ1) is 14.1. The van der Waals surface area contributed by atoms with Crippen LogP contribution in [0.4, 0.5) is 26.3 Å². The predicted octanol–water partition coefficient (Wildman–Crippen LogP) is 4.89. The summed E-state index contributed by atoms with van der Waals surface area (Å²) in [4.78, 5) is 9.05. The maximum absolute atomic E-state index is 12.9. The first-order valence-electron chi connectivity index (χ1n) is 8.51. The Morgan fingerprint density at radius 2 is 1.70 bits per heavy atom. The van der Waals surface area contributed by atoms with E-state index in [1.807, 2.05) is 6.07 Å². The van der Waals surface area contributed by atoms with Crippen LogP contribution in [0.1, 0.15) is 22.3 Å². The van der Waals surface area contributed by atoms with Gasteiger partial charge >= 0.3 is 12.4 Å². The van der Waals surface area contributed by atoms with Crippen molar-refractivity contribution in [3.05, 3.63) is 64.7 Å². The molecule has 0 unspecified atom stereocenters. The van der Waals surface area contributed by atoms with E-state index in [1.165, 1.54) is 6.40 Å². The zero-order chi connectivity index (χ0) is 21.8. The van der Waals surface area contributed by atoms with Gasteiger partial charge in [0.05, 0.1) is 17.7 Å². The molecule has 0 bridgehead atoms. The van der Waals surface area contributed by atoms with Gasteiger partial charge in [0.25, 0.3) is 0 Å². The molecular weight excluding hydrogens is 414 g/mol. The third-order valence-electron chi connectivity index (χ3n) is 3.90. The number of benzene rings is 2. The van der Waals surface area contributed by atoms with Gasteiger partial charge in [0.2, 0.25) is 0 Å². The number of halogens is 6. The second kappa shape index (κ2) is 8.67. The lowest BCUT2D eigenvalue weighted by Crippen LogP contribution is -2.17. The summed E-state index contributed by atoms with van der Waals surface area (Å²) < 4.78 is 82.2. The molecule has 0 atom stereocenters. The molecule has 0 radical (unpaired) electrons. The van der Waals surface area contributed by atoms with E-state index in [1.54, 1.807) is 23.3 Å². The lowest BCUT2D eigenvalue weighted by molar-refractivity contribution is -0.143. The Bertz CT molecular complexity index is 949. The van der Waals surface area contributed by atoms with Crippen LogP contribution in [0.3, 0.4) is 0 Å². The fourth-order valence-electron chi connectivity index (χ4n) is 2.56. The third-order valence-corrected chi connectivity index (χ3v) is 3.90. The van der Waals surface area contributed by atoms with Crippen molar-refractivity contribution in [1.82, 2.24) is 5.06 Å². The van der Waals surface area contributed by atoms with Gasteiger partial charge in [-0.15, -0.1) is 5.06 Å².